The maximum absolute atomic E-state index is 12.9. The van der Waals surface area contributed by atoms with Crippen LogP contribution < -0.4 is 15.4 Å². The third-order valence-corrected chi connectivity index (χ3v) is 6.91. The fourth-order valence-corrected chi connectivity index (χ4v) is 5.05. The van der Waals surface area contributed by atoms with E-state index < -0.39 is 0 Å². The summed E-state index contributed by atoms with van der Waals surface area (Å²) in [5.41, 5.74) is 2.73. The molecule has 0 radical (unpaired) electrons. The average molecular weight is 498 g/mol. The molecule has 2 aromatic heterocycles. The number of halogens is 1. The molecule has 0 aliphatic rings. The zero-order chi connectivity index (χ0) is 23.4. The number of rotatable bonds is 7. The molecule has 0 unspecified atom stereocenters. The summed E-state index contributed by atoms with van der Waals surface area (Å²) in [7, 11) is 0. The van der Waals surface area contributed by atoms with Gasteiger partial charge in [0.05, 0.1) is 32.8 Å². The lowest BCUT2D eigenvalue weighted by Gasteiger charge is -2.07. The Kier molecular flexibility index (Phi) is 7.08. The van der Waals surface area contributed by atoms with Gasteiger partial charge < -0.3 is 10.1 Å². The van der Waals surface area contributed by atoms with Crippen LogP contribution in [0.5, 0.6) is 5.75 Å². The van der Waals surface area contributed by atoms with Crippen molar-refractivity contribution in [3.63, 3.8) is 0 Å². The van der Waals surface area contributed by atoms with E-state index in [9.17, 15) is 9.59 Å². The number of aromatic nitrogens is 1. The van der Waals surface area contributed by atoms with Gasteiger partial charge in [-0.15, -0.1) is 22.7 Å². The summed E-state index contributed by atoms with van der Waals surface area (Å²) in [4.78, 5) is 30.4. The summed E-state index contributed by atoms with van der Waals surface area (Å²) in [6.07, 6.45) is 0. The number of aryl methyl sites for hydroxylation is 1. The summed E-state index contributed by atoms with van der Waals surface area (Å²) < 4.78 is 5.68. The van der Waals surface area contributed by atoms with Gasteiger partial charge in [0.1, 0.15) is 5.75 Å². The van der Waals surface area contributed by atoms with Crippen molar-refractivity contribution < 1.29 is 14.3 Å². The molecule has 0 saturated carbocycles. The molecule has 0 aliphatic heterocycles. The summed E-state index contributed by atoms with van der Waals surface area (Å²) >= 11 is 8.64. The number of nitrogens with zero attached hydrogens (tertiary/aromatic N) is 1. The number of ether oxygens (including phenoxy) is 1. The van der Waals surface area contributed by atoms with Crippen molar-refractivity contribution in [1.29, 1.82) is 0 Å². The summed E-state index contributed by atoms with van der Waals surface area (Å²) in [6.45, 7) is 4.30. The van der Waals surface area contributed by atoms with Gasteiger partial charge in [-0.25, -0.2) is 4.98 Å². The van der Waals surface area contributed by atoms with E-state index in [1.54, 1.807) is 30.3 Å². The van der Waals surface area contributed by atoms with Crippen molar-refractivity contribution in [2.24, 2.45) is 0 Å². The van der Waals surface area contributed by atoms with Crippen LogP contribution in [0.1, 0.15) is 32.5 Å². The van der Waals surface area contributed by atoms with Gasteiger partial charge in [0.2, 0.25) is 0 Å². The second-order valence-corrected chi connectivity index (χ2v) is 9.30. The number of anilines is 2. The van der Waals surface area contributed by atoms with E-state index in [2.05, 4.69) is 15.6 Å². The molecule has 0 atom stereocenters. The molecule has 6 nitrogen and oxygen atoms in total. The van der Waals surface area contributed by atoms with Crippen molar-refractivity contribution in [1.82, 2.24) is 4.98 Å². The van der Waals surface area contributed by atoms with E-state index in [4.69, 9.17) is 16.3 Å². The number of hydrogen-bond acceptors (Lipinski definition) is 6. The first-order valence-electron chi connectivity index (χ1n) is 10.1. The van der Waals surface area contributed by atoms with Crippen LogP contribution in [0.3, 0.4) is 0 Å². The molecule has 0 saturated heterocycles. The maximum atomic E-state index is 12.9. The van der Waals surface area contributed by atoms with Gasteiger partial charge in [-0.1, -0.05) is 35.9 Å². The minimum atomic E-state index is -0.327. The Morgan fingerprint density at radius 3 is 2.61 bits per heavy atom. The molecule has 2 heterocycles. The highest BCUT2D eigenvalue weighted by Crippen LogP contribution is 2.33. The highest BCUT2D eigenvalue weighted by atomic mass is 35.5. The first-order chi connectivity index (χ1) is 16.0. The molecular formula is C24H20ClN3O3S2. The minimum Gasteiger partial charge on any atom is -0.493 e. The number of benzene rings is 2. The predicted octanol–water partition coefficient (Wildman–Crippen LogP) is 6.74. The molecule has 4 rings (SSSR count). The number of carbonyl (C=O) groups is 2. The van der Waals surface area contributed by atoms with Crippen LogP contribution in [-0.4, -0.2) is 23.4 Å². The van der Waals surface area contributed by atoms with Gasteiger partial charge in [0, 0.05) is 10.9 Å². The van der Waals surface area contributed by atoms with Crippen LogP contribution in [0.2, 0.25) is 5.02 Å². The Bertz CT molecular complexity index is 1320. The molecule has 168 valence electrons. The van der Waals surface area contributed by atoms with E-state index in [0.717, 1.165) is 22.6 Å². The molecule has 0 aliphatic carbocycles. The molecular weight excluding hydrogens is 478 g/mol. The highest BCUT2D eigenvalue weighted by Gasteiger charge is 2.18. The minimum absolute atomic E-state index is 0.283. The Hall–Kier alpha value is -3.20. The molecule has 0 spiro atoms. The van der Waals surface area contributed by atoms with E-state index in [1.807, 2.05) is 43.5 Å². The number of carbonyl (C=O) groups excluding carboxylic acids is 2. The Balaban J connectivity index is 1.47. The summed E-state index contributed by atoms with van der Waals surface area (Å²) in [6, 6.07) is 16.2. The van der Waals surface area contributed by atoms with Crippen molar-refractivity contribution in [2.45, 2.75) is 13.8 Å². The van der Waals surface area contributed by atoms with Gasteiger partial charge in [0.15, 0.2) is 5.13 Å². The Labute approximate surface area is 204 Å². The van der Waals surface area contributed by atoms with Crippen LogP contribution in [0.4, 0.5) is 10.1 Å². The van der Waals surface area contributed by atoms with Crippen molar-refractivity contribution in [2.75, 3.05) is 17.2 Å². The normalized spacial score (nSPS) is 10.6. The number of thiophene rings is 1. The predicted molar refractivity (Wildman–Crippen MR) is 135 cm³/mol. The lowest BCUT2D eigenvalue weighted by molar-refractivity contribution is 0.102. The van der Waals surface area contributed by atoms with Gasteiger partial charge in [0.25, 0.3) is 11.8 Å². The van der Waals surface area contributed by atoms with E-state index >= 15 is 0 Å². The van der Waals surface area contributed by atoms with Gasteiger partial charge >= 0.3 is 0 Å². The second-order valence-electron chi connectivity index (χ2n) is 6.98. The van der Waals surface area contributed by atoms with Crippen LogP contribution in [0, 0.1) is 6.92 Å². The van der Waals surface area contributed by atoms with E-state index in [1.165, 1.54) is 22.7 Å². The molecule has 4 aromatic rings. The van der Waals surface area contributed by atoms with Crippen molar-refractivity contribution >= 4 is 56.2 Å². The number of amides is 2. The average Bonchev–Trinajstić information content (AvgIpc) is 3.41. The van der Waals surface area contributed by atoms with Gasteiger partial charge in [-0.3, -0.25) is 14.9 Å². The fourth-order valence-electron chi connectivity index (χ4n) is 3.16. The largest absolute Gasteiger partial charge is 0.493 e. The third-order valence-electron chi connectivity index (χ3n) is 4.67. The van der Waals surface area contributed by atoms with Gasteiger partial charge in [-0.05, 0) is 49.7 Å². The first-order valence-corrected chi connectivity index (χ1v) is 12.2. The van der Waals surface area contributed by atoms with Crippen LogP contribution in [-0.2, 0) is 0 Å². The monoisotopic (exact) mass is 497 g/mol. The molecule has 2 aromatic carbocycles. The Morgan fingerprint density at radius 1 is 1.06 bits per heavy atom. The highest BCUT2D eigenvalue weighted by molar-refractivity contribution is 7.18. The van der Waals surface area contributed by atoms with Crippen LogP contribution in [0.25, 0.3) is 11.3 Å². The SMILES string of the molecule is CCOc1ccccc1-c1csc(NC(=O)c2sc(NC(=O)c3ccccc3Cl)cc2C)n1. The standard InChI is InChI=1S/C24H20ClN3O3S2/c1-3-31-19-11-7-5-9-16(19)18-13-32-24(26-18)28-23(30)21-14(2)12-20(33-21)27-22(29)15-8-4-6-10-17(15)25/h4-13H,3H2,1-2H3,(H,27,29)(H,26,28,30). The number of thiazole rings is 1. The maximum Gasteiger partial charge on any atom is 0.267 e. The van der Waals surface area contributed by atoms with Crippen LogP contribution >= 0.6 is 34.3 Å². The fraction of sp³-hybridized carbons (Fsp3) is 0.125. The molecule has 33 heavy (non-hydrogen) atoms. The topological polar surface area (TPSA) is 80.3 Å². The van der Waals surface area contributed by atoms with E-state index in [-0.39, 0.29) is 11.8 Å². The third kappa shape index (κ3) is 5.24. The van der Waals surface area contributed by atoms with E-state index in [0.29, 0.717) is 32.2 Å². The second kappa shape index (κ2) is 10.2. The number of hydrogen-bond donors (Lipinski definition) is 2. The quantitative estimate of drug-likeness (QED) is 0.296. The number of nitrogens with one attached hydrogen (secondary N) is 2. The van der Waals surface area contributed by atoms with Crippen molar-refractivity contribution in [3.05, 3.63) is 81.0 Å². The van der Waals surface area contributed by atoms with Crippen molar-refractivity contribution in [3.8, 4) is 17.0 Å². The molecule has 9 heteroatoms. The van der Waals surface area contributed by atoms with Crippen LogP contribution in [0.15, 0.2) is 60.0 Å². The Morgan fingerprint density at radius 2 is 1.82 bits per heavy atom. The lowest BCUT2D eigenvalue weighted by atomic mass is 10.1. The molecule has 0 fully saturated rings. The number of para-hydroxylation sites is 1. The zero-order valence-corrected chi connectivity index (χ0v) is 20.2. The summed E-state index contributed by atoms with van der Waals surface area (Å²) in [5.74, 6) is 0.136. The van der Waals surface area contributed by atoms with Gasteiger partial charge in [-0.2, -0.15) is 0 Å². The zero-order valence-electron chi connectivity index (χ0n) is 17.8. The summed E-state index contributed by atoms with van der Waals surface area (Å²) in [5, 5.41) is 8.95. The molecule has 2 N–H and O–H groups in total. The molecule has 0 bridgehead atoms. The molecule has 2 amide bonds. The smallest absolute Gasteiger partial charge is 0.267 e. The lowest BCUT2D eigenvalue weighted by Crippen LogP contribution is -2.11. The first kappa shape index (κ1) is 23.0.